The lowest BCUT2D eigenvalue weighted by molar-refractivity contribution is 0.660. The maximum absolute atomic E-state index is 5.51. The molecule has 2 aromatic heterocycles. The van der Waals surface area contributed by atoms with E-state index >= 15 is 0 Å². The molecule has 11 rings (SSSR count). The van der Waals surface area contributed by atoms with Crippen LogP contribution < -0.4 is 4.90 Å². The highest BCUT2D eigenvalue weighted by Gasteiger charge is 2.38. The molecule has 10 aromatic rings. The van der Waals surface area contributed by atoms with Gasteiger partial charge >= 0.3 is 0 Å². The molecule has 0 radical (unpaired) electrons. The van der Waals surface area contributed by atoms with Crippen LogP contribution in [0, 0.1) is 0 Å². The highest BCUT2D eigenvalue weighted by molar-refractivity contribution is 6.10. The van der Waals surface area contributed by atoms with Crippen LogP contribution in [0.15, 0.2) is 212 Å². The summed E-state index contributed by atoms with van der Waals surface area (Å²) in [6.07, 6.45) is 0. The summed E-state index contributed by atoms with van der Waals surface area (Å²) in [7, 11) is 0. The number of anilines is 3. The van der Waals surface area contributed by atoms with Gasteiger partial charge < -0.3 is 4.90 Å². The molecule has 2 heterocycles. The Bertz CT molecular complexity index is 3170. The van der Waals surface area contributed by atoms with Gasteiger partial charge in [-0.15, -0.1) is 0 Å². The van der Waals surface area contributed by atoms with Crippen molar-refractivity contribution in [1.29, 1.82) is 0 Å². The molecule has 0 spiro atoms. The molecule has 3 nitrogen and oxygen atoms in total. The quantitative estimate of drug-likeness (QED) is 0.161. The first-order valence-electron chi connectivity index (χ1n) is 20.4. The number of hydrogen-bond donors (Lipinski definition) is 0. The number of aromatic nitrogens is 2. The van der Waals surface area contributed by atoms with Gasteiger partial charge in [0.15, 0.2) is 0 Å². The van der Waals surface area contributed by atoms with Crippen LogP contribution in [0.4, 0.5) is 17.1 Å². The van der Waals surface area contributed by atoms with Gasteiger partial charge in [-0.25, -0.2) is 4.52 Å². The number of rotatable bonds is 7. The minimum Gasteiger partial charge on any atom is -0.310 e. The van der Waals surface area contributed by atoms with Gasteiger partial charge in [-0.05, 0) is 75.2 Å². The van der Waals surface area contributed by atoms with E-state index < -0.39 is 0 Å². The van der Waals surface area contributed by atoms with E-state index in [1.165, 1.54) is 33.4 Å². The maximum atomic E-state index is 5.51. The molecule has 1 aliphatic rings. The SMILES string of the molecule is CC1(C)c2ccccc2-c2c(N(c3cccc(-c4ccccc4)c3)c3ccc4cc(-c5ccccc5)n5nc(-c6ccccc6)c(-c6ccccc6)c5c4c3)cccc21. The van der Waals surface area contributed by atoms with Crippen molar-refractivity contribution in [2.75, 3.05) is 4.90 Å². The van der Waals surface area contributed by atoms with Crippen LogP contribution in [0.3, 0.4) is 0 Å². The molecule has 280 valence electrons. The van der Waals surface area contributed by atoms with Crippen LogP contribution in [-0.4, -0.2) is 9.61 Å². The van der Waals surface area contributed by atoms with Gasteiger partial charge in [0.05, 0.1) is 16.9 Å². The van der Waals surface area contributed by atoms with Gasteiger partial charge in [0.1, 0.15) is 5.69 Å². The Hall–Kier alpha value is -7.49. The highest BCUT2D eigenvalue weighted by atomic mass is 15.2. The molecular formula is C56H41N3. The van der Waals surface area contributed by atoms with Crippen molar-refractivity contribution in [3.05, 3.63) is 223 Å². The second kappa shape index (κ2) is 13.9. The molecule has 59 heavy (non-hydrogen) atoms. The van der Waals surface area contributed by atoms with Crippen molar-refractivity contribution < 1.29 is 0 Å². The predicted molar refractivity (Wildman–Crippen MR) is 247 cm³/mol. The van der Waals surface area contributed by atoms with Crippen LogP contribution in [0.1, 0.15) is 25.0 Å². The van der Waals surface area contributed by atoms with Gasteiger partial charge in [-0.1, -0.05) is 190 Å². The minimum atomic E-state index is -0.140. The molecule has 0 aliphatic heterocycles. The molecule has 8 aromatic carbocycles. The number of fused-ring (bicyclic) bond motifs is 6. The summed E-state index contributed by atoms with van der Waals surface area (Å²) in [5, 5.41) is 7.80. The summed E-state index contributed by atoms with van der Waals surface area (Å²) in [6, 6.07) is 76.7. The third-order valence-electron chi connectivity index (χ3n) is 12.2. The minimum absolute atomic E-state index is 0.140. The van der Waals surface area contributed by atoms with E-state index in [1.54, 1.807) is 0 Å². The molecule has 0 fully saturated rings. The smallest absolute Gasteiger partial charge is 0.101 e. The van der Waals surface area contributed by atoms with E-state index in [2.05, 4.69) is 236 Å². The van der Waals surface area contributed by atoms with Crippen molar-refractivity contribution in [2.45, 2.75) is 19.3 Å². The zero-order valence-electron chi connectivity index (χ0n) is 33.0. The van der Waals surface area contributed by atoms with Crippen molar-refractivity contribution in [3.63, 3.8) is 0 Å². The van der Waals surface area contributed by atoms with Gasteiger partial charge in [0, 0.05) is 44.4 Å². The van der Waals surface area contributed by atoms with Crippen molar-refractivity contribution in [2.24, 2.45) is 0 Å². The zero-order chi connectivity index (χ0) is 39.5. The second-order valence-corrected chi connectivity index (χ2v) is 16.0. The topological polar surface area (TPSA) is 20.5 Å². The van der Waals surface area contributed by atoms with Crippen LogP contribution in [0.25, 0.3) is 72.2 Å². The summed E-state index contributed by atoms with van der Waals surface area (Å²) in [6.45, 7) is 4.71. The van der Waals surface area contributed by atoms with E-state index in [0.717, 1.165) is 67.0 Å². The Labute approximate surface area is 345 Å². The summed E-state index contributed by atoms with van der Waals surface area (Å²) in [4.78, 5) is 2.47. The van der Waals surface area contributed by atoms with Crippen LogP contribution in [0.2, 0.25) is 0 Å². The first-order valence-corrected chi connectivity index (χ1v) is 20.4. The third kappa shape index (κ3) is 5.69. The van der Waals surface area contributed by atoms with E-state index in [0.29, 0.717) is 0 Å². The molecule has 0 amide bonds. The molecule has 0 atom stereocenters. The molecular weight excluding hydrogens is 715 g/mol. The highest BCUT2D eigenvalue weighted by Crippen LogP contribution is 2.54. The lowest BCUT2D eigenvalue weighted by atomic mass is 9.82. The van der Waals surface area contributed by atoms with Gasteiger partial charge in [0.2, 0.25) is 0 Å². The van der Waals surface area contributed by atoms with Crippen LogP contribution in [-0.2, 0) is 5.41 Å². The number of hydrogen-bond acceptors (Lipinski definition) is 2. The van der Waals surface area contributed by atoms with Crippen molar-refractivity contribution in [3.8, 4) is 55.9 Å². The summed E-state index contributed by atoms with van der Waals surface area (Å²) < 4.78 is 2.19. The van der Waals surface area contributed by atoms with Crippen molar-refractivity contribution >= 4 is 33.4 Å². The van der Waals surface area contributed by atoms with E-state index in [-0.39, 0.29) is 5.41 Å². The molecule has 0 unspecified atom stereocenters. The Morgan fingerprint density at radius 1 is 0.441 bits per heavy atom. The average Bonchev–Trinajstić information content (AvgIpc) is 3.81. The van der Waals surface area contributed by atoms with Gasteiger partial charge in [-0.2, -0.15) is 5.10 Å². The largest absolute Gasteiger partial charge is 0.310 e. The predicted octanol–water partition coefficient (Wildman–Crippen LogP) is 14.9. The number of benzene rings is 8. The zero-order valence-corrected chi connectivity index (χ0v) is 33.0. The lowest BCUT2D eigenvalue weighted by Gasteiger charge is -2.29. The lowest BCUT2D eigenvalue weighted by Crippen LogP contribution is -2.16. The fraction of sp³-hybridized carbons (Fsp3) is 0.0536. The molecule has 1 aliphatic carbocycles. The first kappa shape index (κ1) is 34.7. The van der Waals surface area contributed by atoms with Crippen LogP contribution >= 0.6 is 0 Å². The monoisotopic (exact) mass is 755 g/mol. The Balaban J connectivity index is 1.24. The molecule has 3 heteroatoms. The molecule has 0 saturated heterocycles. The number of nitrogens with zero attached hydrogens (tertiary/aromatic N) is 3. The van der Waals surface area contributed by atoms with Crippen molar-refractivity contribution in [1.82, 2.24) is 9.61 Å². The normalized spacial score (nSPS) is 12.7. The summed E-state index contributed by atoms with van der Waals surface area (Å²) in [5.74, 6) is 0. The fourth-order valence-corrected chi connectivity index (χ4v) is 9.36. The van der Waals surface area contributed by atoms with E-state index in [4.69, 9.17) is 5.10 Å². The second-order valence-electron chi connectivity index (χ2n) is 16.0. The summed E-state index contributed by atoms with van der Waals surface area (Å²) >= 11 is 0. The van der Waals surface area contributed by atoms with Crippen LogP contribution in [0.5, 0.6) is 0 Å². The standard InChI is InChI=1S/C56H41N3/c1-56(2)48-30-16-15-29-46(48)53-49(56)31-18-32-50(53)58(44-28-17-27-42(35-44)38-19-7-3-8-20-38)45-34-33-43-36-51(39-21-9-4-10-22-39)59-55(47(43)37-45)52(40-23-11-5-12-24-40)54(57-59)41-25-13-6-14-26-41/h3-37H,1-2H3. The fourth-order valence-electron chi connectivity index (χ4n) is 9.36. The molecule has 0 saturated carbocycles. The third-order valence-corrected chi connectivity index (χ3v) is 12.2. The van der Waals surface area contributed by atoms with Gasteiger partial charge in [-0.3, -0.25) is 0 Å². The number of pyridine rings is 1. The maximum Gasteiger partial charge on any atom is 0.101 e. The molecule has 0 bridgehead atoms. The van der Waals surface area contributed by atoms with E-state index in [9.17, 15) is 0 Å². The Kier molecular flexibility index (Phi) is 8.16. The van der Waals surface area contributed by atoms with E-state index in [1.807, 2.05) is 0 Å². The summed E-state index contributed by atoms with van der Waals surface area (Å²) in [5.41, 5.74) is 18.3. The van der Waals surface area contributed by atoms with Gasteiger partial charge in [0.25, 0.3) is 0 Å². The average molecular weight is 756 g/mol. The molecule has 0 N–H and O–H groups in total. The Morgan fingerprint density at radius 3 is 1.75 bits per heavy atom. The first-order chi connectivity index (χ1) is 29.0. The Morgan fingerprint density at radius 2 is 1.02 bits per heavy atom.